The fourth-order valence-electron chi connectivity index (χ4n) is 1.68. The van der Waals surface area contributed by atoms with Crippen molar-refractivity contribution in [1.82, 2.24) is 15.5 Å². The summed E-state index contributed by atoms with van der Waals surface area (Å²) in [4.78, 5) is 4.04. The predicted molar refractivity (Wildman–Crippen MR) is 65.9 cm³/mol. The first-order valence-electron chi connectivity index (χ1n) is 6.16. The number of aromatic nitrogens is 2. The van der Waals surface area contributed by atoms with Gasteiger partial charge >= 0.3 is 6.18 Å². The molecule has 0 bridgehead atoms. The first-order chi connectivity index (χ1) is 9.53. The molecule has 2 rings (SSSR count). The molecular formula is C13H14F3N3O. The van der Waals surface area contributed by atoms with Crippen LogP contribution < -0.4 is 5.32 Å². The van der Waals surface area contributed by atoms with Crippen LogP contribution in [0.3, 0.4) is 0 Å². The zero-order chi connectivity index (χ0) is 14.4. The van der Waals surface area contributed by atoms with E-state index >= 15 is 0 Å². The molecule has 1 heterocycles. The number of nitrogens with zero attached hydrogens (tertiary/aromatic N) is 2. The highest BCUT2D eigenvalue weighted by Gasteiger charge is 2.26. The van der Waals surface area contributed by atoms with Crippen LogP contribution in [0.15, 0.2) is 34.9 Å². The van der Waals surface area contributed by atoms with Crippen LogP contribution in [-0.2, 0) is 19.4 Å². The molecule has 0 saturated carbocycles. The van der Waals surface area contributed by atoms with Crippen molar-refractivity contribution in [2.45, 2.75) is 25.6 Å². The van der Waals surface area contributed by atoms with E-state index in [9.17, 15) is 13.2 Å². The summed E-state index contributed by atoms with van der Waals surface area (Å²) in [7, 11) is 0. The largest absolute Gasteiger partial charge is 0.401 e. The smallest absolute Gasteiger partial charge is 0.338 e. The van der Waals surface area contributed by atoms with Gasteiger partial charge in [-0.2, -0.15) is 18.2 Å². The third kappa shape index (κ3) is 5.00. The van der Waals surface area contributed by atoms with Crippen LogP contribution in [0.2, 0.25) is 0 Å². The summed E-state index contributed by atoms with van der Waals surface area (Å²) in [5, 5.41) is 5.95. The van der Waals surface area contributed by atoms with Gasteiger partial charge in [0.25, 0.3) is 0 Å². The molecule has 0 aliphatic carbocycles. The van der Waals surface area contributed by atoms with E-state index in [1.807, 2.05) is 30.3 Å². The fourth-order valence-corrected chi connectivity index (χ4v) is 1.68. The Morgan fingerprint density at radius 1 is 1.10 bits per heavy atom. The number of benzene rings is 1. The van der Waals surface area contributed by atoms with E-state index in [2.05, 4.69) is 15.5 Å². The summed E-state index contributed by atoms with van der Waals surface area (Å²) >= 11 is 0. The molecule has 0 radical (unpaired) electrons. The fraction of sp³-hybridized carbons (Fsp3) is 0.385. The Kier molecular flexibility index (Phi) is 4.73. The Hall–Kier alpha value is -1.89. The molecule has 2 aromatic rings. The zero-order valence-electron chi connectivity index (χ0n) is 10.7. The van der Waals surface area contributed by atoms with Gasteiger partial charge in [0.1, 0.15) is 0 Å². The standard InChI is InChI=1S/C13H14F3N3O/c14-13(15,16)9-17-8-12-18-11(19-20-12)7-6-10-4-2-1-3-5-10/h1-5,17H,6-9H2. The van der Waals surface area contributed by atoms with Crippen molar-refractivity contribution in [3.63, 3.8) is 0 Å². The van der Waals surface area contributed by atoms with E-state index in [4.69, 9.17) is 4.52 Å². The molecule has 0 saturated heterocycles. The lowest BCUT2D eigenvalue weighted by atomic mass is 10.1. The molecule has 0 unspecified atom stereocenters. The number of hydrogen-bond donors (Lipinski definition) is 1. The molecule has 0 fully saturated rings. The number of halogens is 3. The maximum Gasteiger partial charge on any atom is 0.401 e. The second-order valence-electron chi connectivity index (χ2n) is 4.31. The molecule has 0 atom stereocenters. The number of aryl methyl sites for hydroxylation is 2. The zero-order valence-corrected chi connectivity index (χ0v) is 10.7. The van der Waals surface area contributed by atoms with E-state index in [1.165, 1.54) is 0 Å². The van der Waals surface area contributed by atoms with Gasteiger partial charge in [-0.25, -0.2) is 0 Å². The lowest BCUT2D eigenvalue weighted by Crippen LogP contribution is -2.28. The van der Waals surface area contributed by atoms with Crippen molar-refractivity contribution in [3.05, 3.63) is 47.6 Å². The van der Waals surface area contributed by atoms with E-state index in [1.54, 1.807) is 0 Å². The summed E-state index contributed by atoms with van der Waals surface area (Å²) in [6, 6.07) is 9.80. The molecule has 4 nitrogen and oxygen atoms in total. The summed E-state index contributed by atoms with van der Waals surface area (Å²) in [6.07, 6.45) is -2.89. The summed E-state index contributed by atoms with van der Waals surface area (Å²) < 4.78 is 40.7. The van der Waals surface area contributed by atoms with Crippen molar-refractivity contribution >= 4 is 0 Å². The number of alkyl halides is 3. The molecule has 0 amide bonds. The highest BCUT2D eigenvalue weighted by atomic mass is 19.4. The Morgan fingerprint density at radius 3 is 2.55 bits per heavy atom. The molecule has 1 N–H and O–H groups in total. The first-order valence-corrected chi connectivity index (χ1v) is 6.16. The summed E-state index contributed by atoms with van der Waals surface area (Å²) in [5.41, 5.74) is 1.15. The molecule has 0 spiro atoms. The quantitative estimate of drug-likeness (QED) is 0.886. The topological polar surface area (TPSA) is 51.0 Å². The average molecular weight is 285 g/mol. The van der Waals surface area contributed by atoms with Crippen LogP contribution in [0.25, 0.3) is 0 Å². The summed E-state index contributed by atoms with van der Waals surface area (Å²) in [6.45, 7) is -1.16. The lowest BCUT2D eigenvalue weighted by Gasteiger charge is -2.05. The Balaban J connectivity index is 1.77. The van der Waals surface area contributed by atoms with Gasteiger partial charge in [0, 0.05) is 6.42 Å². The van der Waals surface area contributed by atoms with Crippen LogP contribution in [-0.4, -0.2) is 22.9 Å². The van der Waals surface area contributed by atoms with Crippen LogP contribution >= 0.6 is 0 Å². The SMILES string of the molecule is FC(F)(F)CNCc1nc(CCc2ccccc2)no1. The van der Waals surface area contributed by atoms with Crippen molar-refractivity contribution < 1.29 is 17.7 Å². The molecule has 20 heavy (non-hydrogen) atoms. The average Bonchev–Trinajstić information content (AvgIpc) is 2.84. The number of rotatable bonds is 6. The van der Waals surface area contributed by atoms with E-state index in [0.29, 0.717) is 12.2 Å². The van der Waals surface area contributed by atoms with Gasteiger partial charge in [-0.15, -0.1) is 0 Å². The second kappa shape index (κ2) is 6.51. The van der Waals surface area contributed by atoms with E-state index in [-0.39, 0.29) is 12.4 Å². The van der Waals surface area contributed by atoms with Gasteiger partial charge in [-0.05, 0) is 12.0 Å². The minimum atomic E-state index is -4.24. The molecule has 1 aromatic carbocycles. The minimum absolute atomic E-state index is 0.0855. The molecule has 7 heteroatoms. The van der Waals surface area contributed by atoms with Crippen LogP contribution in [0.5, 0.6) is 0 Å². The third-order valence-corrected chi connectivity index (χ3v) is 2.59. The van der Waals surface area contributed by atoms with Crippen LogP contribution in [0, 0.1) is 0 Å². The molecule has 108 valence electrons. The summed E-state index contributed by atoms with van der Waals surface area (Å²) in [5.74, 6) is 0.662. The molecule has 0 aliphatic heterocycles. The third-order valence-electron chi connectivity index (χ3n) is 2.59. The van der Waals surface area contributed by atoms with Gasteiger partial charge < -0.3 is 9.84 Å². The van der Waals surface area contributed by atoms with E-state index < -0.39 is 12.7 Å². The maximum atomic E-state index is 11.9. The molecular weight excluding hydrogens is 271 g/mol. The Bertz CT molecular complexity index is 525. The Morgan fingerprint density at radius 2 is 1.85 bits per heavy atom. The Labute approximate surface area is 114 Å². The van der Waals surface area contributed by atoms with Crippen LogP contribution in [0.1, 0.15) is 17.3 Å². The predicted octanol–water partition coefficient (Wildman–Crippen LogP) is 2.51. The van der Waals surface area contributed by atoms with Gasteiger partial charge in [0.2, 0.25) is 5.89 Å². The number of hydrogen-bond acceptors (Lipinski definition) is 4. The molecule has 1 aromatic heterocycles. The number of nitrogens with one attached hydrogen (secondary N) is 1. The van der Waals surface area contributed by atoms with E-state index in [0.717, 1.165) is 12.0 Å². The highest BCUT2D eigenvalue weighted by molar-refractivity contribution is 5.15. The van der Waals surface area contributed by atoms with Crippen molar-refractivity contribution in [1.29, 1.82) is 0 Å². The van der Waals surface area contributed by atoms with Crippen LogP contribution in [0.4, 0.5) is 13.2 Å². The molecule has 0 aliphatic rings. The van der Waals surface area contributed by atoms with Crippen molar-refractivity contribution in [3.8, 4) is 0 Å². The van der Waals surface area contributed by atoms with Gasteiger partial charge in [0.15, 0.2) is 5.82 Å². The first kappa shape index (κ1) is 14.5. The minimum Gasteiger partial charge on any atom is -0.338 e. The highest BCUT2D eigenvalue weighted by Crippen LogP contribution is 2.12. The lowest BCUT2D eigenvalue weighted by molar-refractivity contribution is -0.125. The normalized spacial score (nSPS) is 11.8. The van der Waals surface area contributed by atoms with Crippen molar-refractivity contribution in [2.24, 2.45) is 0 Å². The maximum absolute atomic E-state index is 11.9. The van der Waals surface area contributed by atoms with Crippen molar-refractivity contribution in [2.75, 3.05) is 6.54 Å². The monoisotopic (exact) mass is 285 g/mol. The van der Waals surface area contributed by atoms with Gasteiger partial charge in [-0.1, -0.05) is 35.5 Å². The van der Waals surface area contributed by atoms with Gasteiger partial charge in [0.05, 0.1) is 13.1 Å². The second-order valence-corrected chi connectivity index (χ2v) is 4.31. The van der Waals surface area contributed by atoms with Gasteiger partial charge in [-0.3, -0.25) is 0 Å².